The number of rotatable bonds is 4. The number of para-hydroxylation sites is 1. The Morgan fingerprint density at radius 2 is 1.71 bits per heavy atom. The molecule has 2 aromatic carbocycles. The zero-order valence-electron chi connectivity index (χ0n) is 9.08. The van der Waals surface area contributed by atoms with Crippen LogP contribution in [0.2, 0.25) is 10.0 Å². The van der Waals surface area contributed by atoms with Gasteiger partial charge in [0.05, 0.1) is 0 Å². The van der Waals surface area contributed by atoms with Crippen molar-refractivity contribution in [2.75, 3.05) is 5.43 Å². The van der Waals surface area contributed by atoms with Crippen molar-refractivity contribution >= 4 is 28.9 Å². The molecule has 0 aliphatic carbocycles. The highest BCUT2D eigenvalue weighted by Gasteiger charge is 2.00. The van der Waals surface area contributed by atoms with Gasteiger partial charge >= 0.3 is 0 Å². The number of hydrogen-bond acceptors (Lipinski definition) is 2. The van der Waals surface area contributed by atoms with E-state index in [9.17, 15) is 0 Å². The van der Waals surface area contributed by atoms with Crippen LogP contribution in [-0.2, 0) is 6.54 Å². The molecule has 0 aliphatic rings. The number of halogens is 2. The van der Waals surface area contributed by atoms with Gasteiger partial charge in [0.25, 0.3) is 0 Å². The largest absolute Gasteiger partial charge is 0.321 e. The molecule has 17 heavy (non-hydrogen) atoms. The van der Waals surface area contributed by atoms with E-state index in [2.05, 4.69) is 10.9 Å². The van der Waals surface area contributed by atoms with Crippen LogP contribution in [0.1, 0.15) is 5.56 Å². The van der Waals surface area contributed by atoms with E-state index in [-0.39, 0.29) is 0 Å². The van der Waals surface area contributed by atoms with Gasteiger partial charge in [0.2, 0.25) is 0 Å². The minimum absolute atomic E-state index is 0.605. The average molecular weight is 267 g/mol. The van der Waals surface area contributed by atoms with Crippen LogP contribution in [0.5, 0.6) is 0 Å². The second kappa shape index (κ2) is 5.92. The van der Waals surface area contributed by atoms with Gasteiger partial charge in [-0.3, -0.25) is 0 Å². The number of benzene rings is 2. The molecule has 0 saturated heterocycles. The Kier molecular flexibility index (Phi) is 4.26. The fourth-order valence-corrected chi connectivity index (χ4v) is 1.82. The maximum Gasteiger partial charge on any atom is 0.0487 e. The fraction of sp³-hybridized carbons (Fsp3) is 0.0769. The molecule has 0 fully saturated rings. The predicted molar refractivity (Wildman–Crippen MR) is 73.4 cm³/mol. The number of nitrogens with one attached hydrogen (secondary N) is 2. The number of hydrogen-bond donors (Lipinski definition) is 2. The highest BCUT2D eigenvalue weighted by Crippen LogP contribution is 2.20. The van der Waals surface area contributed by atoms with E-state index in [4.69, 9.17) is 23.2 Å². The third-order valence-electron chi connectivity index (χ3n) is 2.29. The van der Waals surface area contributed by atoms with Crippen LogP contribution < -0.4 is 10.9 Å². The third kappa shape index (κ3) is 3.63. The van der Waals surface area contributed by atoms with Gasteiger partial charge in [0.1, 0.15) is 0 Å². The standard InChI is InChI=1S/C13H12Cl2N2/c14-11-6-7-13(15)10(8-11)9-16-17-12-4-2-1-3-5-12/h1-8,16-17H,9H2. The molecule has 0 spiro atoms. The molecular formula is C13H12Cl2N2. The van der Waals surface area contributed by atoms with Gasteiger partial charge in [-0.25, -0.2) is 5.43 Å². The maximum absolute atomic E-state index is 6.05. The molecule has 2 N–H and O–H groups in total. The van der Waals surface area contributed by atoms with E-state index >= 15 is 0 Å². The zero-order chi connectivity index (χ0) is 12.1. The second-order valence-corrected chi connectivity index (χ2v) is 4.42. The molecule has 0 radical (unpaired) electrons. The molecule has 0 aromatic heterocycles. The Hall–Kier alpha value is -1.22. The molecule has 4 heteroatoms. The minimum atomic E-state index is 0.605. The molecule has 0 atom stereocenters. The zero-order valence-corrected chi connectivity index (χ0v) is 10.6. The summed E-state index contributed by atoms with van der Waals surface area (Å²) in [4.78, 5) is 0. The Balaban J connectivity index is 1.92. The lowest BCUT2D eigenvalue weighted by Gasteiger charge is -2.09. The van der Waals surface area contributed by atoms with Gasteiger partial charge in [0.15, 0.2) is 0 Å². The van der Waals surface area contributed by atoms with Gasteiger partial charge in [-0.05, 0) is 35.9 Å². The molecule has 2 nitrogen and oxygen atoms in total. The smallest absolute Gasteiger partial charge is 0.0487 e. The summed E-state index contributed by atoms with van der Waals surface area (Å²) >= 11 is 12.0. The van der Waals surface area contributed by atoms with Crippen molar-refractivity contribution in [3.63, 3.8) is 0 Å². The SMILES string of the molecule is Clc1ccc(Cl)c(CNNc2ccccc2)c1. The second-order valence-electron chi connectivity index (χ2n) is 3.58. The lowest BCUT2D eigenvalue weighted by molar-refractivity contribution is 0.801. The number of hydrazine groups is 1. The Labute approximate surface area is 111 Å². The van der Waals surface area contributed by atoms with Gasteiger partial charge in [-0.15, -0.1) is 0 Å². The summed E-state index contributed by atoms with van der Waals surface area (Å²) in [6.45, 7) is 0.605. The highest BCUT2D eigenvalue weighted by atomic mass is 35.5. The van der Waals surface area contributed by atoms with Crippen molar-refractivity contribution in [1.82, 2.24) is 5.43 Å². The molecule has 0 heterocycles. The van der Waals surface area contributed by atoms with Gasteiger partial charge in [-0.2, -0.15) is 0 Å². The summed E-state index contributed by atoms with van der Waals surface area (Å²) in [5, 5.41) is 1.39. The maximum atomic E-state index is 6.05. The summed E-state index contributed by atoms with van der Waals surface area (Å²) in [5.41, 5.74) is 8.15. The van der Waals surface area contributed by atoms with Crippen LogP contribution in [0.4, 0.5) is 5.69 Å². The summed E-state index contributed by atoms with van der Waals surface area (Å²) in [6, 6.07) is 15.3. The van der Waals surface area contributed by atoms with Crippen LogP contribution in [0.25, 0.3) is 0 Å². The predicted octanol–water partition coefficient (Wildman–Crippen LogP) is 4.11. The lowest BCUT2D eigenvalue weighted by atomic mass is 10.2. The summed E-state index contributed by atoms with van der Waals surface area (Å²) in [7, 11) is 0. The van der Waals surface area contributed by atoms with Crippen molar-refractivity contribution in [3.05, 3.63) is 64.1 Å². The van der Waals surface area contributed by atoms with E-state index in [1.165, 1.54) is 0 Å². The highest BCUT2D eigenvalue weighted by molar-refractivity contribution is 6.33. The van der Waals surface area contributed by atoms with Crippen molar-refractivity contribution in [2.24, 2.45) is 0 Å². The Morgan fingerprint density at radius 3 is 2.47 bits per heavy atom. The molecule has 0 aliphatic heterocycles. The van der Waals surface area contributed by atoms with Gasteiger partial charge in [0, 0.05) is 22.3 Å². The van der Waals surface area contributed by atoms with Crippen molar-refractivity contribution in [3.8, 4) is 0 Å². The van der Waals surface area contributed by atoms with E-state index in [0.29, 0.717) is 16.6 Å². The first kappa shape index (κ1) is 12.2. The van der Waals surface area contributed by atoms with E-state index in [1.54, 1.807) is 12.1 Å². The van der Waals surface area contributed by atoms with Crippen LogP contribution in [0.15, 0.2) is 48.5 Å². The first-order valence-electron chi connectivity index (χ1n) is 5.23. The molecule has 0 bridgehead atoms. The van der Waals surface area contributed by atoms with Crippen LogP contribution >= 0.6 is 23.2 Å². The third-order valence-corrected chi connectivity index (χ3v) is 2.90. The topological polar surface area (TPSA) is 24.1 Å². The van der Waals surface area contributed by atoms with Crippen LogP contribution in [-0.4, -0.2) is 0 Å². The minimum Gasteiger partial charge on any atom is -0.321 e. The Bertz CT molecular complexity index is 486. The fourth-order valence-electron chi connectivity index (χ4n) is 1.44. The van der Waals surface area contributed by atoms with Crippen molar-refractivity contribution < 1.29 is 0 Å². The van der Waals surface area contributed by atoms with Crippen molar-refractivity contribution in [2.45, 2.75) is 6.54 Å². The molecule has 2 rings (SSSR count). The van der Waals surface area contributed by atoms with E-state index in [0.717, 1.165) is 11.3 Å². The lowest BCUT2D eigenvalue weighted by Crippen LogP contribution is -2.20. The molecule has 0 saturated carbocycles. The summed E-state index contributed by atoms with van der Waals surface area (Å²) < 4.78 is 0. The molecule has 0 amide bonds. The molecule has 0 unspecified atom stereocenters. The van der Waals surface area contributed by atoms with Crippen molar-refractivity contribution in [1.29, 1.82) is 0 Å². The van der Waals surface area contributed by atoms with Crippen LogP contribution in [0.3, 0.4) is 0 Å². The van der Waals surface area contributed by atoms with Gasteiger partial charge in [-0.1, -0.05) is 41.4 Å². The summed E-state index contributed by atoms with van der Waals surface area (Å²) in [5.74, 6) is 0. The first-order chi connectivity index (χ1) is 8.25. The molecular weight excluding hydrogens is 255 g/mol. The molecule has 88 valence electrons. The normalized spacial score (nSPS) is 10.2. The average Bonchev–Trinajstić information content (AvgIpc) is 2.35. The Morgan fingerprint density at radius 1 is 0.941 bits per heavy atom. The van der Waals surface area contributed by atoms with Gasteiger partial charge < -0.3 is 5.43 Å². The number of anilines is 1. The van der Waals surface area contributed by atoms with Crippen LogP contribution in [0, 0.1) is 0 Å². The molecule has 2 aromatic rings. The first-order valence-corrected chi connectivity index (χ1v) is 5.99. The van der Waals surface area contributed by atoms with E-state index < -0.39 is 0 Å². The monoisotopic (exact) mass is 266 g/mol. The quantitative estimate of drug-likeness (QED) is 0.814. The van der Waals surface area contributed by atoms with E-state index in [1.807, 2.05) is 36.4 Å². The summed E-state index contributed by atoms with van der Waals surface area (Å²) in [6.07, 6.45) is 0.